The molecule has 0 aromatic heterocycles. The van der Waals surface area contributed by atoms with E-state index in [2.05, 4.69) is 0 Å². The minimum absolute atomic E-state index is 0.219. The van der Waals surface area contributed by atoms with E-state index >= 15 is 0 Å². The Morgan fingerprint density at radius 3 is 2.83 bits per heavy atom. The average Bonchev–Trinajstić information content (AvgIpc) is 2.04. The van der Waals surface area contributed by atoms with E-state index < -0.39 is 0 Å². The number of benzene rings is 1. The van der Waals surface area contributed by atoms with Gasteiger partial charge in [0, 0.05) is 6.07 Å². The first-order valence-electron chi connectivity index (χ1n) is 3.86. The number of phenols is 1. The third-order valence-electron chi connectivity index (χ3n) is 1.81. The summed E-state index contributed by atoms with van der Waals surface area (Å²) in [6.45, 7) is 3.02. The van der Waals surface area contributed by atoms with E-state index in [0.717, 1.165) is 11.3 Å². The first kappa shape index (κ1) is 7.28. The van der Waals surface area contributed by atoms with Crippen molar-refractivity contribution in [3.63, 3.8) is 0 Å². The van der Waals surface area contributed by atoms with Crippen molar-refractivity contribution in [2.75, 3.05) is 13.2 Å². The molecule has 0 aliphatic carbocycles. The highest BCUT2D eigenvalue weighted by Gasteiger charge is 2.14. The fraction of sp³-hybridized carbons (Fsp3) is 0.333. The summed E-state index contributed by atoms with van der Waals surface area (Å²) >= 11 is 0. The molecule has 1 aromatic carbocycles. The quantitative estimate of drug-likeness (QED) is 0.634. The molecule has 3 heteroatoms. The highest BCUT2D eigenvalue weighted by Crippen LogP contribution is 2.36. The van der Waals surface area contributed by atoms with Crippen LogP contribution in [0.5, 0.6) is 17.2 Å². The molecule has 64 valence electrons. The first-order chi connectivity index (χ1) is 5.77. The Balaban J connectivity index is 2.53. The van der Waals surface area contributed by atoms with Crippen LogP contribution in [0.15, 0.2) is 12.1 Å². The monoisotopic (exact) mass is 166 g/mol. The van der Waals surface area contributed by atoms with Crippen LogP contribution in [0.4, 0.5) is 0 Å². The lowest BCUT2D eigenvalue weighted by molar-refractivity contribution is 0.169. The van der Waals surface area contributed by atoms with Gasteiger partial charge in [-0.15, -0.1) is 0 Å². The number of hydrogen-bond donors (Lipinski definition) is 1. The molecule has 1 aliphatic heterocycles. The number of hydrogen-bond acceptors (Lipinski definition) is 3. The van der Waals surface area contributed by atoms with Crippen molar-refractivity contribution in [3.8, 4) is 17.2 Å². The van der Waals surface area contributed by atoms with E-state index in [1.165, 1.54) is 0 Å². The van der Waals surface area contributed by atoms with Gasteiger partial charge in [0.1, 0.15) is 19.0 Å². The predicted molar refractivity (Wildman–Crippen MR) is 43.8 cm³/mol. The molecule has 0 saturated heterocycles. The van der Waals surface area contributed by atoms with E-state index in [1.807, 2.05) is 6.92 Å². The Kier molecular flexibility index (Phi) is 1.57. The SMILES string of the molecule is Cc1cc(O)cc2c1OCCO2. The number of rotatable bonds is 0. The van der Waals surface area contributed by atoms with Gasteiger partial charge in [0.25, 0.3) is 0 Å². The van der Waals surface area contributed by atoms with Crippen molar-refractivity contribution >= 4 is 0 Å². The standard InChI is InChI=1S/C9H10O3/c1-6-4-7(10)5-8-9(6)12-3-2-11-8/h4-5,10H,2-3H2,1H3. The van der Waals surface area contributed by atoms with Crippen molar-refractivity contribution in [1.82, 2.24) is 0 Å². The van der Waals surface area contributed by atoms with Crippen LogP contribution in [-0.4, -0.2) is 18.3 Å². The molecular formula is C9H10O3. The van der Waals surface area contributed by atoms with E-state index in [1.54, 1.807) is 12.1 Å². The lowest BCUT2D eigenvalue weighted by Gasteiger charge is -2.19. The first-order valence-corrected chi connectivity index (χ1v) is 3.86. The van der Waals surface area contributed by atoms with Gasteiger partial charge in [-0.1, -0.05) is 0 Å². The molecule has 1 N–H and O–H groups in total. The van der Waals surface area contributed by atoms with Gasteiger partial charge in [0.15, 0.2) is 11.5 Å². The molecule has 1 heterocycles. The zero-order valence-corrected chi connectivity index (χ0v) is 6.83. The van der Waals surface area contributed by atoms with Gasteiger partial charge in [-0.25, -0.2) is 0 Å². The van der Waals surface area contributed by atoms with Crippen LogP contribution in [0.3, 0.4) is 0 Å². The third kappa shape index (κ3) is 1.07. The summed E-state index contributed by atoms with van der Waals surface area (Å²) in [5, 5.41) is 9.23. The lowest BCUT2D eigenvalue weighted by atomic mass is 10.2. The second-order valence-electron chi connectivity index (χ2n) is 2.79. The Morgan fingerprint density at radius 2 is 2.00 bits per heavy atom. The van der Waals surface area contributed by atoms with Gasteiger partial charge in [0.05, 0.1) is 0 Å². The summed E-state index contributed by atoms with van der Waals surface area (Å²) in [5.74, 6) is 1.61. The topological polar surface area (TPSA) is 38.7 Å². The molecule has 0 saturated carbocycles. The Morgan fingerprint density at radius 1 is 1.25 bits per heavy atom. The van der Waals surface area contributed by atoms with Crippen molar-refractivity contribution in [2.45, 2.75) is 6.92 Å². The number of fused-ring (bicyclic) bond motifs is 1. The van der Waals surface area contributed by atoms with Crippen molar-refractivity contribution < 1.29 is 14.6 Å². The lowest BCUT2D eigenvalue weighted by Crippen LogP contribution is -2.15. The molecule has 0 amide bonds. The van der Waals surface area contributed by atoms with Crippen LogP contribution in [-0.2, 0) is 0 Å². The summed E-state index contributed by atoms with van der Waals surface area (Å²) in [5.41, 5.74) is 0.907. The van der Waals surface area contributed by atoms with Crippen LogP contribution >= 0.6 is 0 Å². The maximum Gasteiger partial charge on any atom is 0.165 e. The number of aromatic hydroxyl groups is 1. The average molecular weight is 166 g/mol. The molecule has 0 spiro atoms. The zero-order valence-electron chi connectivity index (χ0n) is 6.83. The molecular weight excluding hydrogens is 156 g/mol. The highest BCUT2D eigenvalue weighted by atomic mass is 16.6. The Labute approximate surface area is 70.5 Å². The van der Waals surface area contributed by atoms with Crippen LogP contribution in [0.1, 0.15) is 5.56 Å². The number of phenolic OH excluding ortho intramolecular Hbond substituents is 1. The molecule has 0 fully saturated rings. The second kappa shape index (κ2) is 2.59. The van der Waals surface area contributed by atoms with Gasteiger partial charge in [0.2, 0.25) is 0 Å². The zero-order chi connectivity index (χ0) is 8.55. The van der Waals surface area contributed by atoms with E-state index in [0.29, 0.717) is 19.0 Å². The van der Waals surface area contributed by atoms with Gasteiger partial charge in [-0.05, 0) is 18.6 Å². The van der Waals surface area contributed by atoms with Crippen LogP contribution in [0, 0.1) is 6.92 Å². The van der Waals surface area contributed by atoms with Crippen molar-refractivity contribution in [1.29, 1.82) is 0 Å². The fourth-order valence-electron chi connectivity index (χ4n) is 1.31. The molecule has 1 aliphatic rings. The number of ether oxygens (including phenoxy) is 2. The predicted octanol–water partition coefficient (Wildman–Crippen LogP) is 1.47. The van der Waals surface area contributed by atoms with Crippen LogP contribution in [0.25, 0.3) is 0 Å². The van der Waals surface area contributed by atoms with E-state index in [9.17, 15) is 5.11 Å². The number of aryl methyl sites for hydroxylation is 1. The maximum absolute atomic E-state index is 9.23. The summed E-state index contributed by atoms with van der Waals surface area (Å²) < 4.78 is 10.7. The Hall–Kier alpha value is -1.38. The Bertz CT molecular complexity index is 307. The summed E-state index contributed by atoms with van der Waals surface area (Å²) in [6.07, 6.45) is 0. The van der Waals surface area contributed by atoms with Crippen LogP contribution < -0.4 is 9.47 Å². The minimum Gasteiger partial charge on any atom is -0.508 e. The molecule has 3 nitrogen and oxygen atoms in total. The molecule has 0 unspecified atom stereocenters. The summed E-state index contributed by atoms with van der Waals surface area (Å²) in [6, 6.07) is 3.23. The van der Waals surface area contributed by atoms with E-state index in [4.69, 9.17) is 9.47 Å². The van der Waals surface area contributed by atoms with Crippen molar-refractivity contribution in [3.05, 3.63) is 17.7 Å². The van der Waals surface area contributed by atoms with Crippen LogP contribution in [0.2, 0.25) is 0 Å². The molecule has 0 radical (unpaired) electrons. The smallest absolute Gasteiger partial charge is 0.165 e. The minimum atomic E-state index is 0.219. The highest BCUT2D eigenvalue weighted by molar-refractivity contribution is 5.51. The summed E-state index contributed by atoms with van der Waals surface area (Å²) in [7, 11) is 0. The molecule has 0 atom stereocenters. The third-order valence-corrected chi connectivity index (χ3v) is 1.81. The summed E-state index contributed by atoms with van der Waals surface area (Å²) in [4.78, 5) is 0. The second-order valence-corrected chi connectivity index (χ2v) is 2.79. The molecule has 0 bridgehead atoms. The van der Waals surface area contributed by atoms with E-state index in [-0.39, 0.29) is 5.75 Å². The molecule has 12 heavy (non-hydrogen) atoms. The van der Waals surface area contributed by atoms with Gasteiger partial charge < -0.3 is 14.6 Å². The van der Waals surface area contributed by atoms with Gasteiger partial charge in [-0.2, -0.15) is 0 Å². The maximum atomic E-state index is 9.23. The normalized spacial score (nSPS) is 14.4. The van der Waals surface area contributed by atoms with Gasteiger partial charge >= 0.3 is 0 Å². The fourth-order valence-corrected chi connectivity index (χ4v) is 1.31. The molecule has 2 rings (SSSR count). The molecule has 1 aromatic rings. The largest absolute Gasteiger partial charge is 0.508 e. The van der Waals surface area contributed by atoms with Crippen molar-refractivity contribution in [2.24, 2.45) is 0 Å². The van der Waals surface area contributed by atoms with Gasteiger partial charge in [-0.3, -0.25) is 0 Å².